The molecule has 2 amide bonds. The van der Waals surface area contributed by atoms with Crippen LogP contribution in [0.4, 0.5) is 4.79 Å². The maximum absolute atomic E-state index is 12.4. The second kappa shape index (κ2) is 11.2. The van der Waals surface area contributed by atoms with Crippen LogP contribution in [0.5, 0.6) is 0 Å². The lowest BCUT2D eigenvalue weighted by molar-refractivity contribution is -0.135. The van der Waals surface area contributed by atoms with Gasteiger partial charge in [-0.15, -0.1) is 0 Å². The number of nitrogens with zero attached hydrogens (tertiary/aromatic N) is 1. The Balaban J connectivity index is 1.16. The molecule has 184 valence electrons. The predicted molar refractivity (Wildman–Crippen MR) is 133 cm³/mol. The maximum Gasteiger partial charge on any atom is 0.407 e. The van der Waals surface area contributed by atoms with Gasteiger partial charge < -0.3 is 20.1 Å². The van der Waals surface area contributed by atoms with Gasteiger partial charge in [0, 0.05) is 37.5 Å². The van der Waals surface area contributed by atoms with E-state index in [1.165, 1.54) is 22.3 Å². The molecule has 35 heavy (non-hydrogen) atoms. The molecule has 0 aromatic heterocycles. The Morgan fingerprint density at radius 3 is 2.31 bits per heavy atom. The van der Waals surface area contributed by atoms with E-state index in [-0.39, 0.29) is 24.3 Å². The van der Waals surface area contributed by atoms with Crippen LogP contribution in [-0.2, 0) is 14.3 Å². The number of hydrogen-bond donors (Lipinski definition) is 2. The lowest BCUT2D eigenvalue weighted by Gasteiger charge is -2.25. The zero-order valence-corrected chi connectivity index (χ0v) is 20.0. The lowest BCUT2D eigenvalue weighted by atomic mass is 9.98. The molecule has 1 aliphatic carbocycles. The number of carboxylic acids is 1. The number of hydrogen-bond acceptors (Lipinski definition) is 4. The third-order valence-corrected chi connectivity index (χ3v) is 6.94. The number of benzene rings is 2. The Morgan fingerprint density at radius 2 is 1.71 bits per heavy atom. The molecule has 1 atom stereocenters. The van der Waals surface area contributed by atoms with Crippen molar-refractivity contribution in [2.24, 2.45) is 5.92 Å². The van der Waals surface area contributed by atoms with Crippen molar-refractivity contribution in [2.75, 3.05) is 26.2 Å². The van der Waals surface area contributed by atoms with Gasteiger partial charge >= 0.3 is 12.1 Å². The minimum absolute atomic E-state index is 0.0364. The zero-order valence-electron chi connectivity index (χ0n) is 20.0. The van der Waals surface area contributed by atoms with Gasteiger partial charge in [0.05, 0.1) is 0 Å². The molecule has 0 saturated heterocycles. The van der Waals surface area contributed by atoms with Crippen LogP contribution in [0.15, 0.2) is 60.2 Å². The first-order valence-electron chi connectivity index (χ1n) is 12.2. The fourth-order valence-electron chi connectivity index (χ4n) is 4.83. The van der Waals surface area contributed by atoms with Crippen molar-refractivity contribution < 1.29 is 24.2 Å². The van der Waals surface area contributed by atoms with Crippen molar-refractivity contribution in [2.45, 2.75) is 38.5 Å². The van der Waals surface area contributed by atoms with Crippen LogP contribution in [0.1, 0.15) is 49.7 Å². The van der Waals surface area contributed by atoms with Crippen LogP contribution in [0.2, 0.25) is 0 Å². The summed E-state index contributed by atoms with van der Waals surface area (Å²) in [6.45, 7) is 3.65. The Hall–Kier alpha value is -3.61. The number of nitrogens with one attached hydrogen (secondary N) is 1. The van der Waals surface area contributed by atoms with Crippen molar-refractivity contribution in [3.63, 3.8) is 0 Å². The quantitative estimate of drug-likeness (QED) is 0.553. The summed E-state index contributed by atoms with van der Waals surface area (Å²) in [4.78, 5) is 37.4. The number of fused-ring (bicyclic) bond motifs is 3. The highest BCUT2D eigenvalue weighted by Gasteiger charge is 2.29. The van der Waals surface area contributed by atoms with Gasteiger partial charge in [-0.1, -0.05) is 61.5 Å². The van der Waals surface area contributed by atoms with Gasteiger partial charge in [-0.05, 0) is 47.4 Å². The van der Waals surface area contributed by atoms with Gasteiger partial charge in [0.25, 0.3) is 0 Å². The molecule has 1 aliphatic heterocycles. The van der Waals surface area contributed by atoms with Gasteiger partial charge in [0.1, 0.15) is 6.61 Å². The third kappa shape index (κ3) is 5.91. The molecule has 2 aromatic carbocycles. The summed E-state index contributed by atoms with van der Waals surface area (Å²) in [7, 11) is 0. The van der Waals surface area contributed by atoms with Crippen molar-refractivity contribution in [1.82, 2.24) is 10.2 Å². The van der Waals surface area contributed by atoms with Crippen LogP contribution in [0.3, 0.4) is 0 Å². The Bertz CT molecular complexity index is 1080. The van der Waals surface area contributed by atoms with E-state index in [1.54, 1.807) is 11.0 Å². The average molecular weight is 477 g/mol. The largest absolute Gasteiger partial charge is 0.478 e. The van der Waals surface area contributed by atoms with Crippen LogP contribution < -0.4 is 5.32 Å². The number of ether oxygens (including phenoxy) is 1. The molecule has 0 fully saturated rings. The van der Waals surface area contributed by atoms with Crippen LogP contribution in [0, 0.1) is 5.92 Å². The standard InChI is InChI=1S/C28H32N2O5/c1-19(10-11-26(31)30-16-13-20(14-17-30)27(32)33)12-15-29-28(34)35-18-25-23-8-4-2-6-21(23)22-7-3-5-9-24(22)25/h2-9,13,19,25H,10-12,14-18H2,1H3,(H,29,34)(H,32,33). The minimum Gasteiger partial charge on any atom is -0.478 e. The molecule has 7 heteroatoms. The first kappa shape index (κ1) is 24.5. The number of carboxylic acid groups (broad SMARTS) is 1. The Morgan fingerprint density at radius 1 is 1.06 bits per heavy atom. The first-order chi connectivity index (χ1) is 16.9. The molecule has 1 heterocycles. The van der Waals surface area contributed by atoms with E-state index >= 15 is 0 Å². The number of amides is 2. The van der Waals surface area contributed by atoms with E-state index in [4.69, 9.17) is 9.84 Å². The highest BCUT2D eigenvalue weighted by atomic mass is 16.5. The molecule has 0 radical (unpaired) electrons. The number of carbonyl (C=O) groups is 3. The minimum atomic E-state index is -0.908. The van der Waals surface area contributed by atoms with E-state index < -0.39 is 12.1 Å². The van der Waals surface area contributed by atoms with Crippen LogP contribution >= 0.6 is 0 Å². The Kier molecular flexibility index (Phi) is 7.85. The molecular formula is C28H32N2O5. The summed E-state index contributed by atoms with van der Waals surface area (Å²) in [5.41, 5.74) is 5.14. The van der Waals surface area contributed by atoms with Gasteiger partial charge in [0.15, 0.2) is 0 Å². The topological polar surface area (TPSA) is 95.9 Å². The van der Waals surface area contributed by atoms with E-state index in [0.717, 1.165) is 12.8 Å². The molecule has 1 unspecified atom stereocenters. The third-order valence-electron chi connectivity index (χ3n) is 6.94. The summed E-state index contributed by atoms with van der Waals surface area (Å²) < 4.78 is 5.57. The molecule has 2 aromatic rings. The summed E-state index contributed by atoms with van der Waals surface area (Å²) >= 11 is 0. The maximum atomic E-state index is 12.4. The van der Waals surface area contributed by atoms with Crippen molar-refractivity contribution in [1.29, 1.82) is 0 Å². The van der Waals surface area contributed by atoms with E-state index in [9.17, 15) is 14.4 Å². The van der Waals surface area contributed by atoms with Gasteiger partial charge in [-0.3, -0.25) is 4.79 Å². The molecule has 0 bridgehead atoms. The fourth-order valence-corrected chi connectivity index (χ4v) is 4.83. The first-order valence-corrected chi connectivity index (χ1v) is 12.2. The van der Waals surface area contributed by atoms with Crippen LogP contribution in [0.25, 0.3) is 11.1 Å². The second-order valence-corrected chi connectivity index (χ2v) is 9.31. The number of alkyl carbamates (subject to hydrolysis) is 1. The number of aliphatic carboxylic acids is 1. The van der Waals surface area contributed by atoms with Crippen molar-refractivity contribution in [3.8, 4) is 11.1 Å². The summed E-state index contributed by atoms with van der Waals surface area (Å²) in [5, 5.41) is 11.8. The number of rotatable bonds is 9. The molecule has 7 nitrogen and oxygen atoms in total. The smallest absolute Gasteiger partial charge is 0.407 e. The summed E-state index contributed by atoms with van der Waals surface area (Å²) in [6, 6.07) is 16.5. The fraction of sp³-hybridized carbons (Fsp3) is 0.393. The van der Waals surface area contributed by atoms with Crippen molar-refractivity contribution >= 4 is 18.0 Å². The zero-order chi connectivity index (χ0) is 24.8. The molecule has 0 spiro atoms. The predicted octanol–water partition coefficient (Wildman–Crippen LogP) is 4.57. The average Bonchev–Trinajstić information content (AvgIpc) is 3.19. The van der Waals surface area contributed by atoms with Gasteiger partial charge in [-0.25, -0.2) is 9.59 Å². The Labute approximate surface area is 205 Å². The molecule has 2 N–H and O–H groups in total. The van der Waals surface area contributed by atoms with E-state index in [1.807, 2.05) is 24.3 Å². The van der Waals surface area contributed by atoms with Gasteiger partial charge in [0.2, 0.25) is 5.91 Å². The summed E-state index contributed by atoms with van der Waals surface area (Å²) in [6.07, 6.45) is 3.47. The molecular weight excluding hydrogens is 444 g/mol. The monoisotopic (exact) mass is 476 g/mol. The van der Waals surface area contributed by atoms with Crippen molar-refractivity contribution in [3.05, 3.63) is 71.3 Å². The SMILES string of the molecule is CC(CCNC(=O)OCC1c2ccccc2-c2ccccc21)CCC(=O)N1CC=C(C(=O)O)CC1. The normalized spacial score (nSPS) is 15.6. The summed E-state index contributed by atoms with van der Waals surface area (Å²) in [5.74, 6) is -0.561. The highest BCUT2D eigenvalue weighted by molar-refractivity contribution is 5.87. The molecule has 2 aliphatic rings. The van der Waals surface area contributed by atoms with E-state index in [0.29, 0.717) is 38.0 Å². The second-order valence-electron chi connectivity index (χ2n) is 9.31. The van der Waals surface area contributed by atoms with Crippen LogP contribution in [-0.4, -0.2) is 54.2 Å². The molecule has 0 saturated carbocycles. The number of carbonyl (C=O) groups excluding carboxylic acids is 2. The van der Waals surface area contributed by atoms with Gasteiger partial charge in [-0.2, -0.15) is 0 Å². The highest BCUT2D eigenvalue weighted by Crippen LogP contribution is 2.44. The van der Waals surface area contributed by atoms with E-state index in [2.05, 4.69) is 36.5 Å². The lowest BCUT2D eigenvalue weighted by Crippen LogP contribution is -2.35. The molecule has 4 rings (SSSR count).